The number of hydrogen-bond acceptors (Lipinski definition) is 4. The lowest BCUT2D eigenvalue weighted by molar-refractivity contribution is -0.135. The molecule has 0 atom stereocenters. The van der Waals surface area contributed by atoms with Crippen LogP contribution in [-0.2, 0) is 21.0 Å². The second-order valence-corrected chi connectivity index (χ2v) is 3.66. The Balaban J connectivity index is 2.43. The van der Waals surface area contributed by atoms with Crippen molar-refractivity contribution in [1.82, 2.24) is 0 Å². The zero-order valence-electron chi connectivity index (χ0n) is 10.4. The van der Waals surface area contributed by atoms with Crippen LogP contribution < -0.4 is 0 Å². The van der Waals surface area contributed by atoms with E-state index in [2.05, 4.69) is 5.16 Å². The molecular weight excluding hydrogens is 218 g/mol. The molecule has 0 bridgehead atoms. The van der Waals surface area contributed by atoms with Gasteiger partial charge in [-0.1, -0.05) is 35.0 Å². The molecule has 0 spiro atoms. The Bertz CT molecular complexity index is 396. The van der Waals surface area contributed by atoms with E-state index in [1.807, 2.05) is 31.2 Å². The molecule has 0 saturated heterocycles. The van der Waals surface area contributed by atoms with Gasteiger partial charge >= 0.3 is 5.97 Å². The van der Waals surface area contributed by atoms with Crippen molar-refractivity contribution < 1.29 is 14.4 Å². The SMILES string of the molecule is CCOC(=O)C(C)=NOCc1ccc(C)cc1. The van der Waals surface area contributed by atoms with Crippen LogP contribution in [0.1, 0.15) is 25.0 Å². The van der Waals surface area contributed by atoms with Gasteiger partial charge in [-0.2, -0.15) is 0 Å². The van der Waals surface area contributed by atoms with Gasteiger partial charge in [0, 0.05) is 0 Å². The molecule has 0 saturated carbocycles. The van der Waals surface area contributed by atoms with E-state index in [1.54, 1.807) is 13.8 Å². The monoisotopic (exact) mass is 235 g/mol. The molecule has 4 nitrogen and oxygen atoms in total. The van der Waals surface area contributed by atoms with Crippen LogP contribution in [0.3, 0.4) is 0 Å². The van der Waals surface area contributed by atoms with Gasteiger partial charge in [0.1, 0.15) is 6.61 Å². The maximum Gasteiger partial charge on any atom is 0.355 e. The number of oxime groups is 1. The number of carbonyl (C=O) groups excluding carboxylic acids is 1. The second kappa shape index (κ2) is 6.68. The molecular formula is C13H17NO3. The summed E-state index contributed by atoms with van der Waals surface area (Å²) in [5.41, 5.74) is 2.43. The molecule has 0 aromatic heterocycles. The summed E-state index contributed by atoms with van der Waals surface area (Å²) in [6.45, 7) is 6.01. The highest BCUT2D eigenvalue weighted by atomic mass is 16.6. The first kappa shape index (κ1) is 13.2. The number of carbonyl (C=O) groups is 1. The molecule has 92 valence electrons. The highest BCUT2D eigenvalue weighted by molar-refractivity contribution is 6.35. The summed E-state index contributed by atoms with van der Waals surface area (Å²) in [6, 6.07) is 7.93. The van der Waals surface area contributed by atoms with Crippen molar-refractivity contribution in [3.63, 3.8) is 0 Å². The molecule has 0 fully saturated rings. The minimum Gasteiger partial charge on any atom is -0.461 e. The third-order valence-electron chi connectivity index (χ3n) is 2.12. The van der Waals surface area contributed by atoms with E-state index in [1.165, 1.54) is 5.56 Å². The number of hydrogen-bond donors (Lipinski definition) is 0. The third-order valence-corrected chi connectivity index (χ3v) is 2.12. The summed E-state index contributed by atoms with van der Waals surface area (Å²) in [6.07, 6.45) is 0. The molecule has 1 aromatic carbocycles. The largest absolute Gasteiger partial charge is 0.461 e. The fourth-order valence-electron chi connectivity index (χ4n) is 1.16. The van der Waals surface area contributed by atoms with Crippen LogP contribution >= 0.6 is 0 Å². The van der Waals surface area contributed by atoms with Gasteiger partial charge in [-0.15, -0.1) is 0 Å². The van der Waals surface area contributed by atoms with Crippen LogP contribution in [0.15, 0.2) is 29.4 Å². The fraction of sp³-hybridized carbons (Fsp3) is 0.385. The topological polar surface area (TPSA) is 47.9 Å². The van der Waals surface area contributed by atoms with Gasteiger partial charge in [-0.25, -0.2) is 4.79 Å². The van der Waals surface area contributed by atoms with Crippen LogP contribution in [-0.4, -0.2) is 18.3 Å². The van der Waals surface area contributed by atoms with Gasteiger partial charge < -0.3 is 9.57 Å². The predicted molar refractivity (Wildman–Crippen MR) is 65.7 cm³/mol. The standard InChI is InChI=1S/C13H17NO3/c1-4-16-13(15)11(3)14-17-9-12-7-5-10(2)6-8-12/h5-8H,4,9H2,1-3H3. The minimum atomic E-state index is -0.448. The second-order valence-electron chi connectivity index (χ2n) is 3.66. The average Bonchev–Trinajstić information content (AvgIpc) is 2.32. The Morgan fingerprint density at radius 3 is 2.53 bits per heavy atom. The Kier molecular flexibility index (Phi) is 5.20. The summed E-state index contributed by atoms with van der Waals surface area (Å²) >= 11 is 0. The van der Waals surface area contributed by atoms with E-state index in [0.29, 0.717) is 13.2 Å². The summed E-state index contributed by atoms with van der Waals surface area (Å²) in [7, 11) is 0. The van der Waals surface area contributed by atoms with E-state index in [0.717, 1.165) is 5.56 Å². The Labute approximate surface area is 101 Å². The number of aryl methyl sites for hydroxylation is 1. The van der Waals surface area contributed by atoms with Gasteiger partial charge in [0.25, 0.3) is 0 Å². The van der Waals surface area contributed by atoms with Crippen molar-refractivity contribution in [3.05, 3.63) is 35.4 Å². The first-order valence-electron chi connectivity index (χ1n) is 5.52. The molecule has 0 N–H and O–H groups in total. The molecule has 1 rings (SSSR count). The van der Waals surface area contributed by atoms with Gasteiger partial charge in [-0.3, -0.25) is 0 Å². The smallest absolute Gasteiger partial charge is 0.355 e. The molecule has 17 heavy (non-hydrogen) atoms. The van der Waals surface area contributed by atoms with Crippen molar-refractivity contribution in [2.24, 2.45) is 5.16 Å². The van der Waals surface area contributed by atoms with Crippen molar-refractivity contribution in [3.8, 4) is 0 Å². The number of esters is 1. The average molecular weight is 235 g/mol. The quantitative estimate of drug-likeness (QED) is 0.447. The lowest BCUT2D eigenvalue weighted by Crippen LogP contribution is -2.14. The van der Waals surface area contributed by atoms with Crippen molar-refractivity contribution in [2.75, 3.05) is 6.61 Å². The van der Waals surface area contributed by atoms with Gasteiger partial charge in [0.15, 0.2) is 5.71 Å². The molecule has 0 aliphatic carbocycles. The highest BCUT2D eigenvalue weighted by Gasteiger charge is 2.06. The van der Waals surface area contributed by atoms with Crippen molar-refractivity contribution in [2.45, 2.75) is 27.4 Å². The van der Waals surface area contributed by atoms with Gasteiger partial charge in [-0.05, 0) is 26.3 Å². The zero-order chi connectivity index (χ0) is 12.7. The molecule has 0 amide bonds. The van der Waals surface area contributed by atoms with Gasteiger partial charge in [0.05, 0.1) is 6.61 Å². The molecule has 0 heterocycles. The Morgan fingerprint density at radius 2 is 1.94 bits per heavy atom. The summed E-state index contributed by atoms with van der Waals surface area (Å²) in [4.78, 5) is 16.3. The van der Waals surface area contributed by atoms with Crippen LogP contribution in [0, 0.1) is 6.92 Å². The summed E-state index contributed by atoms with van der Waals surface area (Å²) < 4.78 is 4.77. The fourth-order valence-corrected chi connectivity index (χ4v) is 1.16. The Hall–Kier alpha value is -1.84. The number of rotatable bonds is 5. The number of benzene rings is 1. The zero-order valence-corrected chi connectivity index (χ0v) is 10.4. The van der Waals surface area contributed by atoms with Crippen LogP contribution in [0.25, 0.3) is 0 Å². The molecule has 0 aliphatic rings. The maximum absolute atomic E-state index is 11.2. The predicted octanol–water partition coefficient (Wildman–Crippen LogP) is 2.45. The van der Waals surface area contributed by atoms with Crippen LogP contribution in [0.5, 0.6) is 0 Å². The maximum atomic E-state index is 11.2. The molecule has 1 aromatic rings. The van der Waals surface area contributed by atoms with E-state index in [9.17, 15) is 4.79 Å². The lowest BCUT2D eigenvalue weighted by Gasteiger charge is -2.02. The minimum absolute atomic E-state index is 0.221. The van der Waals surface area contributed by atoms with E-state index >= 15 is 0 Å². The van der Waals surface area contributed by atoms with Gasteiger partial charge in [0.2, 0.25) is 0 Å². The third kappa shape index (κ3) is 4.68. The normalized spacial score (nSPS) is 11.1. The first-order valence-corrected chi connectivity index (χ1v) is 5.52. The summed E-state index contributed by atoms with van der Waals surface area (Å²) in [5, 5.41) is 3.70. The van der Waals surface area contributed by atoms with Crippen molar-refractivity contribution >= 4 is 11.7 Å². The molecule has 0 aliphatic heterocycles. The lowest BCUT2D eigenvalue weighted by atomic mass is 10.2. The molecule has 0 radical (unpaired) electrons. The first-order chi connectivity index (χ1) is 8.13. The number of ether oxygens (including phenoxy) is 1. The molecule has 0 unspecified atom stereocenters. The molecule has 4 heteroatoms. The Morgan fingerprint density at radius 1 is 1.29 bits per heavy atom. The van der Waals surface area contributed by atoms with Crippen molar-refractivity contribution in [1.29, 1.82) is 0 Å². The summed E-state index contributed by atoms with van der Waals surface area (Å²) in [5.74, 6) is -0.448. The van der Waals surface area contributed by atoms with E-state index < -0.39 is 5.97 Å². The van der Waals surface area contributed by atoms with Crippen LogP contribution in [0.2, 0.25) is 0 Å². The van der Waals surface area contributed by atoms with E-state index in [4.69, 9.17) is 9.57 Å². The number of nitrogens with zero attached hydrogens (tertiary/aromatic N) is 1. The van der Waals surface area contributed by atoms with Crippen LogP contribution in [0.4, 0.5) is 0 Å². The highest BCUT2D eigenvalue weighted by Crippen LogP contribution is 2.04. The van der Waals surface area contributed by atoms with E-state index in [-0.39, 0.29) is 5.71 Å².